The monoisotopic (exact) mass is 243 g/mol. The van der Waals surface area contributed by atoms with E-state index in [4.69, 9.17) is 5.26 Å². The first-order valence-corrected chi connectivity index (χ1v) is 6.51. The second-order valence-corrected chi connectivity index (χ2v) is 5.28. The molecule has 3 rings (SSSR count). The van der Waals surface area contributed by atoms with Gasteiger partial charge in [-0.15, -0.1) is 0 Å². The van der Waals surface area contributed by atoms with Crippen LogP contribution in [0, 0.1) is 18.3 Å². The molecule has 5 heteroatoms. The van der Waals surface area contributed by atoms with Crippen molar-refractivity contribution in [3.8, 4) is 6.07 Å². The van der Waals surface area contributed by atoms with Gasteiger partial charge in [0.05, 0.1) is 0 Å². The van der Waals surface area contributed by atoms with Crippen LogP contribution in [0.25, 0.3) is 0 Å². The van der Waals surface area contributed by atoms with E-state index in [-0.39, 0.29) is 0 Å². The van der Waals surface area contributed by atoms with E-state index in [1.807, 2.05) is 6.92 Å². The molecule has 2 fully saturated rings. The summed E-state index contributed by atoms with van der Waals surface area (Å²) in [7, 11) is 0. The van der Waals surface area contributed by atoms with Crippen molar-refractivity contribution in [3.05, 3.63) is 17.5 Å². The molecule has 1 aromatic heterocycles. The molecule has 2 bridgehead atoms. The average molecular weight is 243 g/mol. The van der Waals surface area contributed by atoms with E-state index in [2.05, 4.69) is 26.7 Å². The van der Waals surface area contributed by atoms with Crippen molar-refractivity contribution in [2.24, 2.45) is 0 Å². The molecule has 18 heavy (non-hydrogen) atoms. The molecule has 0 saturated carbocycles. The van der Waals surface area contributed by atoms with E-state index < -0.39 is 0 Å². The van der Waals surface area contributed by atoms with Crippen molar-refractivity contribution in [1.29, 1.82) is 5.26 Å². The Kier molecular flexibility index (Phi) is 2.88. The highest BCUT2D eigenvalue weighted by molar-refractivity contribution is 5.34. The Bertz CT molecular complexity index is 481. The standard InChI is InChI=1S/C13H17N5/c1-8-4-12(7-14)18-13(15-8)17-11-5-9-2-3-10(6-11)16-9/h4,9-11,16H,2-3,5-6H2,1H3,(H,15,17,18). The van der Waals surface area contributed by atoms with Crippen molar-refractivity contribution < 1.29 is 0 Å². The van der Waals surface area contributed by atoms with Gasteiger partial charge in [-0.25, -0.2) is 9.97 Å². The molecular formula is C13H17N5. The summed E-state index contributed by atoms with van der Waals surface area (Å²) in [5, 5.41) is 15.9. The van der Waals surface area contributed by atoms with E-state index >= 15 is 0 Å². The summed E-state index contributed by atoms with van der Waals surface area (Å²) in [6.45, 7) is 1.89. The zero-order valence-electron chi connectivity index (χ0n) is 10.5. The van der Waals surface area contributed by atoms with Gasteiger partial charge in [0.1, 0.15) is 11.8 Å². The van der Waals surface area contributed by atoms with Gasteiger partial charge >= 0.3 is 0 Å². The fourth-order valence-electron chi connectivity index (χ4n) is 3.05. The third-order valence-corrected chi connectivity index (χ3v) is 3.78. The lowest BCUT2D eigenvalue weighted by Gasteiger charge is -2.29. The lowest BCUT2D eigenvalue weighted by molar-refractivity contribution is 0.377. The number of piperidine rings is 1. The van der Waals surface area contributed by atoms with Gasteiger partial charge in [-0.05, 0) is 38.7 Å². The highest BCUT2D eigenvalue weighted by Gasteiger charge is 2.33. The van der Waals surface area contributed by atoms with Crippen LogP contribution in [-0.4, -0.2) is 28.1 Å². The van der Waals surface area contributed by atoms with E-state index in [0.717, 1.165) is 18.5 Å². The molecule has 0 radical (unpaired) electrons. The first-order valence-electron chi connectivity index (χ1n) is 6.51. The van der Waals surface area contributed by atoms with Gasteiger partial charge < -0.3 is 10.6 Å². The zero-order valence-corrected chi connectivity index (χ0v) is 10.5. The molecule has 2 N–H and O–H groups in total. The largest absolute Gasteiger partial charge is 0.351 e. The molecule has 1 aromatic rings. The summed E-state index contributed by atoms with van der Waals surface area (Å²) in [6, 6.07) is 5.49. The highest BCUT2D eigenvalue weighted by Crippen LogP contribution is 2.28. The summed E-state index contributed by atoms with van der Waals surface area (Å²) in [5.74, 6) is 0.595. The number of nitrogens with zero attached hydrogens (tertiary/aromatic N) is 3. The van der Waals surface area contributed by atoms with Gasteiger partial charge in [0, 0.05) is 23.8 Å². The van der Waals surface area contributed by atoms with Crippen molar-refractivity contribution in [1.82, 2.24) is 15.3 Å². The second-order valence-electron chi connectivity index (χ2n) is 5.28. The summed E-state index contributed by atoms with van der Waals surface area (Å²) in [4.78, 5) is 8.57. The number of hydrogen-bond acceptors (Lipinski definition) is 5. The van der Waals surface area contributed by atoms with Gasteiger partial charge in [-0.2, -0.15) is 5.26 Å². The maximum atomic E-state index is 8.91. The Morgan fingerprint density at radius 3 is 2.72 bits per heavy atom. The van der Waals surface area contributed by atoms with Crippen LogP contribution in [0.5, 0.6) is 0 Å². The molecular weight excluding hydrogens is 226 g/mol. The maximum Gasteiger partial charge on any atom is 0.224 e. The zero-order chi connectivity index (χ0) is 12.5. The molecule has 0 spiro atoms. The topological polar surface area (TPSA) is 73.6 Å². The first kappa shape index (κ1) is 11.4. The molecule has 2 atom stereocenters. The quantitative estimate of drug-likeness (QED) is 0.820. The lowest BCUT2D eigenvalue weighted by Crippen LogP contribution is -2.43. The highest BCUT2D eigenvalue weighted by atomic mass is 15.1. The number of aryl methyl sites for hydroxylation is 1. The fraction of sp³-hybridized carbons (Fsp3) is 0.615. The first-order chi connectivity index (χ1) is 8.72. The van der Waals surface area contributed by atoms with Crippen LogP contribution in [-0.2, 0) is 0 Å². The molecule has 0 aliphatic carbocycles. The van der Waals surface area contributed by atoms with Crippen molar-refractivity contribution in [2.75, 3.05) is 5.32 Å². The minimum absolute atomic E-state index is 0.428. The number of nitriles is 1. The number of anilines is 1. The van der Waals surface area contributed by atoms with Crippen LogP contribution < -0.4 is 10.6 Å². The fourth-order valence-corrected chi connectivity index (χ4v) is 3.05. The smallest absolute Gasteiger partial charge is 0.224 e. The van der Waals surface area contributed by atoms with Crippen LogP contribution >= 0.6 is 0 Å². The molecule has 0 aromatic carbocycles. The van der Waals surface area contributed by atoms with Crippen LogP contribution in [0.1, 0.15) is 37.1 Å². The predicted octanol–water partition coefficient (Wildman–Crippen LogP) is 1.35. The maximum absolute atomic E-state index is 8.91. The van der Waals surface area contributed by atoms with E-state index in [1.165, 1.54) is 12.8 Å². The van der Waals surface area contributed by atoms with E-state index in [1.54, 1.807) is 6.07 Å². The van der Waals surface area contributed by atoms with Crippen molar-refractivity contribution in [3.63, 3.8) is 0 Å². The van der Waals surface area contributed by atoms with Crippen molar-refractivity contribution in [2.45, 2.75) is 50.7 Å². The molecule has 2 saturated heterocycles. The summed E-state index contributed by atoms with van der Waals surface area (Å²) < 4.78 is 0. The molecule has 2 aliphatic rings. The lowest BCUT2D eigenvalue weighted by atomic mass is 10.0. The predicted molar refractivity (Wildman–Crippen MR) is 68.1 cm³/mol. The molecule has 94 valence electrons. The Labute approximate surface area is 107 Å². The SMILES string of the molecule is Cc1cc(C#N)nc(NC2CC3CCC(C2)N3)n1. The molecule has 3 heterocycles. The molecule has 0 amide bonds. The Morgan fingerprint density at radius 2 is 2.06 bits per heavy atom. The molecule has 5 nitrogen and oxygen atoms in total. The van der Waals surface area contributed by atoms with Crippen LogP contribution in [0.2, 0.25) is 0 Å². The van der Waals surface area contributed by atoms with Gasteiger partial charge in [-0.1, -0.05) is 0 Å². The van der Waals surface area contributed by atoms with Gasteiger partial charge in [0.2, 0.25) is 5.95 Å². The summed E-state index contributed by atoms with van der Waals surface area (Å²) in [6.07, 6.45) is 4.80. The Morgan fingerprint density at radius 1 is 1.33 bits per heavy atom. The number of rotatable bonds is 2. The van der Waals surface area contributed by atoms with E-state index in [0.29, 0.717) is 29.8 Å². The van der Waals surface area contributed by atoms with Crippen LogP contribution in [0.3, 0.4) is 0 Å². The minimum atomic E-state index is 0.428. The summed E-state index contributed by atoms with van der Waals surface area (Å²) in [5.41, 5.74) is 1.27. The van der Waals surface area contributed by atoms with Gasteiger partial charge in [-0.3, -0.25) is 0 Å². The Balaban J connectivity index is 1.73. The third kappa shape index (κ3) is 2.29. The number of nitrogens with one attached hydrogen (secondary N) is 2. The second kappa shape index (κ2) is 4.54. The van der Waals surface area contributed by atoms with E-state index in [9.17, 15) is 0 Å². The minimum Gasteiger partial charge on any atom is -0.351 e. The third-order valence-electron chi connectivity index (χ3n) is 3.78. The van der Waals surface area contributed by atoms with Gasteiger partial charge in [0.25, 0.3) is 0 Å². The number of fused-ring (bicyclic) bond motifs is 2. The van der Waals surface area contributed by atoms with Crippen LogP contribution in [0.4, 0.5) is 5.95 Å². The molecule has 2 unspecified atom stereocenters. The number of aromatic nitrogens is 2. The van der Waals surface area contributed by atoms with Crippen molar-refractivity contribution >= 4 is 5.95 Å². The number of hydrogen-bond donors (Lipinski definition) is 2. The summed E-state index contributed by atoms with van der Waals surface area (Å²) >= 11 is 0. The average Bonchev–Trinajstić information content (AvgIpc) is 2.68. The van der Waals surface area contributed by atoms with Gasteiger partial charge in [0.15, 0.2) is 0 Å². The van der Waals surface area contributed by atoms with Crippen LogP contribution in [0.15, 0.2) is 6.07 Å². The normalized spacial score (nSPS) is 29.9. The Hall–Kier alpha value is -1.67. The molecule has 2 aliphatic heterocycles.